The van der Waals surface area contributed by atoms with E-state index in [0.29, 0.717) is 12.3 Å². The van der Waals surface area contributed by atoms with Crippen LogP contribution in [0.15, 0.2) is 58.8 Å². The number of aryl methyl sites for hydroxylation is 1. The molecule has 6 nitrogen and oxygen atoms in total. The molecule has 0 aliphatic rings. The van der Waals surface area contributed by atoms with E-state index >= 15 is 0 Å². The highest BCUT2D eigenvalue weighted by molar-refractivity contribution is 7.90. The minimum Gasteiger partial charge on any atom is -0.486 e. The number of hydrogen-bond donors (Lipinski definition) is 1. The minimum absolute atomic E-state index is 0.0547. The van der Waals surface area contributed by atoms with Crippen LogP contribution in [-0.4, -0.2) is 25.6 Å². The summed E-state index contributed by atoms with van der Waals surface area (Å²) >= 11 is 1.42. The summed E-state index contributed by atoms with van der Waals surface area (Å²) in [6.07, 6.45) is 1.16. The molecule has 146 valence electrons. The molecule has 0 atom stereocenters. The predicted octanol–water partition coefficient (Wildman–Crippen LogP) is 3.62. The van der Waals surface area contributed by atoms with E-state index in [1.807, 2.05) is 31.2 Å². The second-order valence-electron chi connectivity index (χ2n) is 6.33. The van der Waals surface area contributed by atoms with E-state index in [4.69, 9.17) is 4.74 Å². The van der Waals surface area contributed by atoms with E-state index in [2.05, 4.69) is 10.3 Å². The van der Waals surface area contributed by atoms with Crippen LogP contribution in [0.25, 0.3) is 0 Å². The molecule has 8 heteroatoms. The van der Waals surface area contributed by atoms with Gasteiger partial charge in [0.2, 0.25) is 5.91 Å². The fourth-order valence-corrected chi connectivity index (χ4v) is 4.08. The first kappa shape index (κ1) is 20.0. The summed E-state index contributed by atoms with van der Waals surface area (Å²) in [7, 11) is -3.43. The highest BCUT2D eigenvalue weighted by Crippen LogP contribution is 2.21. The molecule has 3 rings (SSSR count). The summed E-state index contributed by atoms with van der Waals surface area (Å²) in [6.45, 7) is 2.34. The van der Waals surface area contributed by atoms with Gasteiger partial charge in [0.05, 0.1) is 22.7 Å². The number of thiazole rings is 1. The van der Waals surface area contributed by atoms with Crippen LogP contribution in [0.4, 0.5) is 5.69 Å². The number of para-hydroxylation sites is 1. The number of aromatic nitrogens is 1. The van der Waals surface area contributed by atoms with Crippen LogP contribution in [0.2, 0.25) is 0 Å². The maximum atomic E-state index is 12.3. The summed E-state index contributed by atoms with van der Waals surface area (Å²) in [6, 6.07) is 14.1. The van der Waals surface area contributed by atoms with Crippen molar-refractivity contribution in [2.45, 2.75) is 24.8 Å². The van der Waals surface area contributed by atoms with Gasteiger partial charge in [0.15, 0.2) is 9.84 Å². The van der Waals surface area contributed by atoms with E-state index in [1.54, 1.807) is 23.6 Å². The predicted molar refractivity (Wildman–Crippen MR) is 110 cm³/mol. The molecule has 0 saturated carbocycles. The van der Waals surface area contributed by atoms with Crippen molar-refractivity contribution in [3.05, 3.63) is 70.2 Å². The molecular formula is C20H20N2O4S2. The van der Waals surface area contributed by atoms with Crippen LogP contribution < -0.4 is 10.1 Å². The first-order chi connectivity index (χ1) is 13.3. The number of sulfone groups is 1. The number of ether oxygens (including phenoxy) is 1. The number of amides is 1. The zero-order valence-electron chi connectivity index (χ0n) is 15.5. The molecule has 1 aromatic heterocycles. The number of anilines is 1. The monoisotopic (exact) mass is 416 g/mol. The van der Waals surface area contributed by atoms with Crippen LogP contribution in [-0.2, 0) is 27.7 Å². The van der Waals surface area contributed by atoms with Gasteiger partial charge in [-0.2, -0.15) is 0 Å². The van der Waals surface area contributed by atoms with E-state index in [9.17, 15) is 13.2 Å². The van der Waals surface area contributed by atoms with Crippen molar-refractivity contribution in [2.75, 3.05) is 11.6 Å². The molecule has 0 aliphatic heterocycles. The van der Waals surface area contributed by atoms with E-state index in [1.165, 1.54) is 17.4 Å². The first-order valence-corrected chi connectivity index (χ1v) is 11.3. The summed E-state index contributed by atoms with van der Waals surface area (Å²) in [5.74, 6) is 0.435. The molecule has 0 radical (unpaired) electrons. The van der Waals surface area contributed by atoms with Gasteiger partial charge in [0, 0.05) is 11.6 Å². The standard InChI is InChI=1S/C20H20N2O4S2/c1-14-7-9-16(10-8-14)26-12-20-21-15(13-27-20)11-19(23)22-17-5-3-4-6-18(17)28(2,24)25/h3-10,13H,11-12H2,1-2H3,(H,22,23). The van der Waals surface area contributed by atoms with Crippen LogP contribution in [0, 0.1) is 6.92 Å². The van der Waals surface area contributed by atoms with Crippen molar-refractivity contribution in [1.82, 2.24) is 4.98 Å². The molecule has 0 unspecified atom stereocenters. The lowest BCUT2D eigenvalue weighted by Crippen LogP contribution is -2.16. The summed E-state index contributed by atoms with van der Waals surface area (Å²) in [4.78, 5) is 16.8. The maximum absolute atomic E-state index is 12.3. The number of carbonyl (C=O) groups is 1. The number of nitrogens with zero attached hydrogens (tertiary/aromatic N) is 1. The number of benzene rings is 2. The third kappa shape index (κ3) is 5.40. The number of rotatable bonds is 7. The van der Waals surface area contributed by atoms with Gasteiger partial charge in [-0.15, -0.1) is 11.3 Å². The molecule has 1 heterocycles. The van der Waals surface area contributed by atoms with Crippen molar-refractivity contribution in [1.29, 1.82) is 0 Å². The lowest BCUT2D eigenvalue weighted by atomic mass is 10.2. The molecule has 28 heavy (non-hydrogen) atoms. The molecule has 0 spiro atoms. The topological polar surface area (TPSA) is 85.4 Å². The molecule has 0 saturated heterocycles. The highest BCUT2D eigenvalue weighted by Gasteiger charge is 2.15. The second-order valence-corrected chi connectivity index (χ2v) is 9.25. The van der Waals surface area contributed by atoms with Crippen molar-refractivity contribution >= 4 is 32.8 Å². The molecule has 1 N–H and O–H groups in total. The molecule has 1 amide bonds. The SMILES string of the molecule is Cc1ccc(OCc2nc(CC(=O)Nc3ccccc3S(C)(=O)=O)cs2)cc1. The Morgan fingerprint density at radius 2 is 1.86 bits per heavy atom. The molecule has 0 aliphatic carbocycles. The summed E-state index contributed by atoms with van der Waals surface area (Å²) in [5.41, 5.74) is 2.04. The van der Waals surface area contributed by atoms with Crippen molar-refractivity contribution in [2.24, 2.45) is 0 Å². The Balaban J connectivity index is 1.59. The Hall–Kier alpha value is -2.71. The lowest BCUT2D eigenvalue weighted by molar-refractivity contribution is -0.115. The molecule has 2 aromatic carbocycles. The molecule has 0 bridgehead atoms. The van der Waals surface area contributed by atoms with Gasteiger partial charge in [-0.05, 0) is 31.2 Å². The van der Waals surface area contributed by atoms with Gasteiger partial charge in [-0.25, -0.2) is 13.4 Å². The maximum Gasteiger partial charge on any atom is 0.230 e. The van der Waals surface area contributed by atoms with Gasteiger partial charge in [0.1, 0.15) is 17.4 Å². The van der Waals surface area contributed by atoms with Crippen LogP contribution in [0.1, 0.15) is 16.3 Å². The highest BCUT2D eigenvalue weighted by atomic mass is 32.2. The van der Waals surface area contributed by atoms with Crippen molar-refractivity contribution in [3.63, 3.8) is 0 Å². The Morgan fingerprint density at radius 1 is 1.14 bits per heavy atom. The van der Waals surface area contributed by atoms with Crippen molar-refractivity contribution in [3.8, 4) is 5.75 Å². The zero-order valence-corrected chi connectivity index (χ0v) is 17.1. The Bertz CT molecular complexity index is 1070. The van der Waals surface area contributed by atoms with Gasteiger partial charge in [-0.3, -0.25) is 4.79 Å². The number of hydrogen-bond acceptors (Lipinski definition) is 6. The molecule has 0 fully saturated rings. The third-order valence-electron chi connectivity index (χ3n) is 3.88. The Labute approximate surface area is 168 Å². The zero-order chi connectivity index (χ0) is 20.1. The first-order valence-electron chi connectivity index (χ1n) is 8.53. The van der Waals surface area contributed by atoms with E-state index in [-0.39, 0.29) is 22.9 Å². The molecule has 3 aromatic rings. The number of carbonyl (C=O) groups excluding carboxylic acids is 1. The second kappa shape index (κ2) is 8.53. The Morgan fingerprint density at radius 3 is 2.57 bits per heavy atom. The van der Waals surface area contributed by atoms with E-state index < -0.39 is 9.84 Å². The quantitative estimate of drug-likeness (QED) is 0.636. The average molecular weight is 417 g/mol. The van der Waals surface area contributed by atoms with Crippen LogP contribution in [0.3, 0.4) is 0 Å². The summed E-state index contributed by atoms with van der Waals surface area (Å²) < 4.78 is 29.4. The number of nitrogens with one attached hydrogen (secondary N) is 1. The van der Waals surface area contributed by atoms with Crippen molar-refractivity contribution < 1.29 is 17.9 Å². The van der Waals surface area contributed by atoms with Crippen LogP contribution in [0.5, 0.6) is 5.75 Å². The van der Waals surface area contributed by atoms with Gasteiger partial charge in [0.25, 0.3) is 0 Å². The Kier molecular flexibility index (Phi) is 6.11. The third-order valence-corrected chi connectivity index (χ3v) is 5.91. The van der Waals surface area contributed by atoms with Gasteiger partial charge < -0.3 is 10.1 Å². The summed E-state index contributed by atoms with van der Waals surface area (Å²) in [5, 5.41) is 5.22. The van der Waals surface area contributed by atoms with Gasteiger partial charge in [-0.1, -0.05) is 29.8 Å². The largest absolute Gasteiger partial charge is 0.486 e. The fraction of sp³-hybridized carbons (Fsp3) is 0.200. The van der Waals surface area contributed by atoms with Gasteiger partial charge >= 0.3 is 0 Å². The fourth-order valence-electron chi connectivity index (χ4n) is 2.53. The minimum atomic E-state index is -3.43. The van der Waals surface area contributed by atoms with E-state index in [0.717, 1.165) is 22.6 Å². The lowest BCUT2D eigenvalue weighted by Gasteiger charge is -2.09. The van der Waals surface area contributed by atoms with Crippen LogP contribution >= 0.6 is 11.3 Å². The average Bonchev–Trinajstić information content (AvgIpc) is 3.08. The smallest absolute Gasteiger partial charge is 0.230 e. The molecular weight excluding hydrogens is 396 g/mol. The normalized spacial score (nSPS) is 11.2.